The van der Waals surface area contributed by atoms with Crippen LogP contribution < -0.4 is 5.56 Å². The van der Waals surface area contributed by atoms with E-state index < -0.39 is 17.6 Å². The van der Waals surface area contributed by atoms with Crippen molar-refractivity contribution in [1.82, 2.24) is 4.57 Å². The van der Waals surface area contributed by atoms with Crippen molar-refractivity contribution in [2.75, 3.05) is 0 Å². The van der Waals surface area contributed by atoms with Crippen molar-refractivity contribution in [3.8, 4) is 5.69 Å². The molecule has 0 fully saturated rings. The van der Waals surface area contributed by atoms with Gasteiger partial charge in [0.25, 0.3) is 5.56 Å². The number of carbonyl (C=O) groups is 1. The van der Waals surface area contributed by atoms with Gasteiger partial charge in [0.05, 0.1) is 11.3 Å². The quantitative estimate of drug-likeness (QED) is 0.418. The highest BCUT2D eigenvalue weighted by molar-refractivity contribution is 6.30. The Hall–Kier alpha value is -3.51. The van der Waals surface area contributed by atoms with Crippen LogP contribution in [0.25, 0.3) is 16.5 Å². The summed E-state index contributed by atoms with van der Waals surface area (Å²) in [6.45, 7) is -0.249. The second kappa shape index (κ2) is 8.08. The van der Waals surface area contributed by atoms with E-state index in [9.17, 15) is 18.4 Å². The molecule has 0 radical (unpaired) electrons. The summed E-state index contributed by atoms with van der Waals surface area (Å²) in [4.78, 5) is 25.8. The smallest absolute Gasteiger partial charge is 0.340 e. The first-order valence-corrected chi connectivity index (χ1v) is 9.33. The van der Waals surface area contributed by atoms with Crippen LogP contribution in [0.1, 0.15) is 15.9 Å². The van der Waals surface area contributed by atoms with Crippen LogP contribution in [0.4, 0.5) is 8.78 Å². The number of rotatable bonds is 4. The van der Waals surface area contributed by atoms with Gasteiger partial charge in [-0.15, -0.1) is 0 Å². The Morgan fingerprint density at radius 1 is 0.933 bits per heavy atom. The maximum absolute atomic E-state index is 13.4. The summed E-state index contributed by atoms with van der Waals surface area (Å²) in [6.07, 6.45) is 1.39. The summed E-state index contributed by atoms with van der Waals surface area (Å²) in [5, 5.41) is 1.20. The zero-order chi connectivity index (χ0) is 21.3. The van der Waals surface area contributed by atoms with Gasteiger partial charge in [-0.1, -0.05) is 41.9 Å². The molecule has 3 aromatic carbocycles. The van der Waals surface area contributed by atoms with Crippen LogP contribution >= 0.6 is 11.6 Å². The number of esters is 1. The van der Waals surface area contributed by atoms with Crippen molar-refractivity contribution in [1.29, 1.82) is 0 Å². The predicted molar refractivity (Wildman–Crippen MR) is 110 cm³/mol. The van der Waals surface area contributed by atoms with Gasteiger partial charge >= 0.3 is 5.97 Å². The molecule has 30 heavy (non-hydrogen) atoms. The number of nitrogens with zero attached hydrogens (tertiary/aromatic N) is 1. The average molecular weight is 426 g/mol. The van der Waals surface area contributed by atoms with Gasteiger partial charge in [0.15, 0.2) is 11.6 Å². The van der Waals surface area contributed by atoms with E-state index in [0.717, 1.165) is 12.1 Å². The molecule has 0 saturated heterocycles. The standard InChI is InChI=1S/C23H14ClF2NO3/c24-15-4-3-5-16(11-15)27-12-19(17-6-1-2-7-18(17)22(27)28)23(29)30-13-14-8-9-20(25)21(26)10-14/h1-12H,13H2. The molecule has 0 atom stereocenters. The van der Waals surface area contributed by atoms with Gasteiger partial charge in [-0.2, -0.15) is 0 Å². The monoisotopic (exact) mass is 425 g/mol. The molecule has 0 amide bonds. The van der Waals surface area contributed by atoms with Crippen LogP contribution in [0.3, 0.4) is 0 Å². The topological polar surface area (TPSA) is 48.3 Å². The SMILES string of the molecule is O=C(OCc1ccc(F)c(F)c1)c1cn(-c2cccc(Cl)c2)c(=O)c2ccccc12. The van der Waals surface area contributed by atoms with Gasteiger partial charge in [0.1, 0.15) is 6.61 Å². The molecule has 0 saturated carbocycles. The van der Waals surface area contributed by atoms with Crippen molar-refractivity contribution in [3.63, 3.8) is 0 Å². The van der Waals surface area contributed by atoms with E-state index >= 15 is 0 Å². The molecule has 0 spiro atoms. The highest BCUT2D eigenvalue weighted by Crippen LogP contribution is 2.21. The lowest BCUT2D eigenvalue weighted by molar-refractivity contribution is 0.0474. The molecule has 0 bridgehead atoms. The number of hydrogen-bond donors (Lipinski definition) is 0. The number of aromatic nitrogens is 1. The zero-order valence-electron chi connectivity index (χ0n) is 15.4. The van der Waals surface area contributed by atoms with Crippen LogP contribution in [0, 0.1) is 11.6 Å². The summed E-state index contributed by atoms with van der Waals surface area (Å²) in [6, 6.07) is 16.6. The Morgan fingerprint density at radius 3 is 2.43 bits per heavy atom. The Morgan fingerprint density at radius 2 is 1.70 bits per heavy atom. The average Bonchev–Trinajstić information content (AvgIpc) is 2.75. The van der Waals surface area contributed by atoms with E-state index in [0.29, 0.717) is 27.0 Å². The molecule has 4 rings (SSSR count). The Bertz CT molecular complexity index is 1330. The van der Waals surface area contributed by atoms with Gasteiger partial charge in [-0.25, -0.2) is 13.6 Å². The molecule has 0 aliphatic carbocycles. The largest absolute Gasteiger partial charge is 0.457 e. The minimum atomic E-state index is -1.02. The van der Waals surface area contributed by atoms with Crippen molar-refractivity contribution in [2.45, 2.75) is 6.61 Å². The summed E-state index contributed by atoms with van der Waals surface area (Å²) >= 11 is 6.04. The third-order valence-electron chi connectivity index (χ3n) is 4.58. The summed E-state index contributed by atoms with van der Waals surface area (Å²) in [7, 11) is 0. The molecule has 0 aliphatic heterocycles. The van der Waals surface area contributed by atoms with E-state index in [4.69, 9.17) is 16.3 Å². The second-order valence-electron chi connectivity index (χ2n) is 6.57. The van der Waals surface area contributed by atoms with E-state index in [1.54, 1.807) is 48.5 Å². The van der Waals surface area contributed by atoms with Crippen molar-refractivity contribution in [3.05, 3.63) is 111 Å². The first-order valence-electron chi connectivity index (χ1n) is 8.95. The maximum atomic E-state index is 13.4. The third-order valence-corrected chi connectivity index (χ3v) is 4.82. The summed E-state index contributed by atoms with van der Waals surface area (Å²) in [5.41, 5.74) is 0.639. The van der Waals surface area contributed by atoms with Gasteiger partial charge in [0.2, 0.25) is 0 Å². The Balaban J connectivity index is 1.75. The molecule has 7 heteroatoms. The van der Waals surface area contributed by atoms with Crippen LogP contribution in [-0.2, 0) is 11.3 Å². The normalized spacial score (nSPS) is 10.9. The van der Waals surface area contributed by atoms with Gasteiger partial charge in [-0.3, -0.25) is 9.36 Å². The van der Waals surface area contributed by atoms with Crippen LogP contribution in [0.5, 0.6) is 0 Å². The molecule has 150 valence electrons. The number of fused-ring (bicyclic) bond motifs is 1. The Kier molecular flexibility index (Phi) is 5.33. The number of benzene rings is 3. The minimum Gasteiger partial charge on any atom is -0.457 e. The molecule has 0 N–H and O–H groups in total. The predicted octanol–water partition coefficient (Wildman–Crippen LogP) is 5.28. The molecule has 4 nitrogen and oxygen atoms in total. The van der Waals surface area contributed by atoms with Crippen LogP contribution in [-0.4, -0.2) is 10.5 Å². The highest BCUT2D eigenvalue weighted by Gasteiger charge is 2.17. The third kappa shape index (κ3) is 3.82. The van der Waals surface area contributed by atoms with Gasteiger partial charge in [-0.05, 0) is 42.0 Å². The lowest BCUT2D eigenvalue weighted by atomic mass is 10.1. The molecular formula is C23H14ClF2NO3. The van der Waals surface area contributed by atoms with Gasteiger partial charge < -0.3 is 4.74 Å². The summed E-state index contributed by atoms with van der Waals surface area (Å²) < 4.78 is 33.1. The fraction of sp³-hybridized carbons (Fsp3) is 0.0435. The Labute approximate surface area is 174 Å². The highest BCUT2D eigenvalue weighted by atomic mass is 35.5. The fourth-order valence-electron chi connectivity index (χ4n) is 3.13. The van der Waals surface area contributed by atoms with Crippen LogP contribution in [0.2, 0.25) is 5.02 Å². The number of carbonyl (C=O) groups excluding carboxylic acids is 1. The molecule has 4 aromatic rings. The second-order valence-corrected chi connectivity index (χ2v) is 7.00. The molecular weight excluding hydrogens is 412 g/mol. The zero-order valence-corrected chi connectivity index (χ0v) is 16.2. The van der Waals surface area contributed by atoms with Crippen molar-refractivity contribution >= 4 is 28.3 Å². The van der Waals surface area contributed by atoms with E-state index in [1.807, 2.05) is 0 Å². The van der Waals surface area contributed by atoms with Crippen molar-refractivity contribution < 1.29 is 18.3 Å². The number of ether oxygens (including phenoxy) is 1. The number of pyridine rings is 1. The van der Waals surface area contributed by atoms with E-state index in [2.05, 4.69) is 0 Å². The molecule has 0 aliphatic rings. The molecule has 1 heterocycles. The minimum absolute atomic E-state index is 0.160. The number of hydrogen-bond acceptors (Lipinski definition) is 3. The first-order chi connectivity index (χ1) is 14.4. The van der Waals surface area contributed by atoms with Gasteiger partial charge in [0, 0.05) is 22.0 Å². The van der Waals surface area contributed by atoms with E-state index in [-0.39, 0.29) is 17.7 Å². The van der Waals surface area contributed by atoms with Crippen LogP contribution in [0.15, 0.2) is 77.7 Å². The lowest BCUT2D eigenvalue weighted by Crippen LogP contribution is -2.21. The lowest BCUT2D eigenvalue weighted by Gasteiger charge is -2.12. The maximum Gasteiger partial charge on any atom is 0.340 e. The van der Waals surface area contributed by atoms with E-state index in [1.165, 1.54) is 16.8 Å². The fourth-order valence-corrected chi connectivity index (χ4v) is 3.31. The number of halogens is 3. The molecule has 1 aromatic heterocycles. The molecule has 0 unspecified atom stereocenters. The summed E-state index contributed by atoms with van der Waals surface area (Å²) in [5.74, 6) is -2.71. The van der Waals surface area contributed by atoms with Crippen molar-refractivity contribution in [2.24, 2.45) is 0 Å². The first kappa shape index (κ1) is 19.8.